The van der Waals surface area contributed by atoms with Crippen LogP contribution in [0.5, 0.6) is 5.75 Å². The fourth-order valence-electron chi connectivity index (χ4n) is 1.43. The quantitative estimate of drug-likeness (QED) is 0.657. The second kappa shape index (κ2) is 8.00. The highest BCUT2D eigenvalue weighted by Crippen LogP contribution is 2.20. The zero-order valence-corrected chi connectivity index (χ0v) is 11.6. The third-order valence-corrected chi connectivity index (χ3v) is 3.38. The van der Waals surface area contributed by atoms with Gasteiger partial charge in [0.1, 0.15) is 5.75 Å². The van der Waals surface area contributed by atoms with Gasteiger partial charge in [-0.05, 0) is 37.7 Å². The molecule has 0 unspecified atom stereocenters. The van der Waals surface area contributed by atoms with Crippen LogP contribution < -0.4 is 10.6 Å². The third kappa shape index (κ3) is 5.93. The number of phenols is 1. The molecule has 0 radical (unpaired) electrons. The highest BCUT2D eigenvalue weighted by Gasteiger charge is 2.05. The van der Waals surface area contributed by atoms with E-state index in [1.54, 1.807) is 24.3 Å². The molecule has 0 fully saturated rings. The molecule has 1 atom stereocenters. The Morgan fingerprint density at radius 2 is 2.06 bits per heavy atom. The standard InChI is InChI=1S/C13H20N2O2S/c1-3-14-10(2)8-15-13(17)9-18-12-6-4-11(16)5-7-12/h4-7,10,14,16H,3,8-9H2,1-2H3,(H,15,17)/t10-/m1/s1. The monoisotopic (exact) mass is 268 g/mol. The fraction of sp³-hybridized carbons (Fsp3) is 0.462. The van der Waals surface area contributed by atoms with Crippen LogP contribution in [0, 0.1) is 0 Å². The first-order valence-electron chi connectivity index (χ1n) is 6.03. The van der Waals surface area contributed by atoms with E-state index in [9.17, 15) is 4.79 Å². The molecule has 0 aliphatic carbocycles. The van der Waals surface area contributed by atoms with Crippen molar-refractivity contribution in [3.63, 3.8) is 0 Å². The number of amides is 1. The Labute approximate surface area is 112 Å². The number of rotatable bonds is 7. The minimum Gasteiger partial charge on any atom is -0.508 e. The van der Waals surface area contributed by atoms with Gasteiger partial charge in [0.2, 0.25) is 5.91 Å². The lowest BCUT2D eigenvalue weighted by Crippen LogP contribution is -2.39. The van der Waals surface area contributed by atoms with Crippen molar-refractivity contribution in [2.75, 3.05) is 18.8 Å². The van der Waals surface area contributed by atoms with Crippen molar-refractivity contribution < 1.29 is 9.90 Å². The summed E-state index contributed by atoms with van der Waals surface area (Å²) in [6.07, 6.45) is 0. The summed E-state index contributed by atoms with van der Waals surface area (Å²) in [7, 11) is 0. The summed E-state index contributed by atoms with van der Waals surface area (Å²) in [6, 6.07) is 7.13. The molecule has 0 aliphatic heterocycles. The van der Waals surface area contributed by atoms with E-state index in [0.29, 0.717) is 12.3 Å². The highest BCUT2D eigenvalue weighted by molar-refractivity contribution is 8.00. The van der Waals surface area contributed by atoms with E-state index in [1.165, 1.54) is 11.8 Å². The van der Waals surface area contributed by atoms with Gasteiger partial charge in [-0.3, -0.25) is 4.79 Å². The largest absolute Gasteiger partial charge is 0.508 e. The first-order chi connectivity index (χ1) is 8.61. The SMILES string of the molecule is CCN[C@H](C)CNC(=O)CSc1ccc(O)cc1. The molecular formula is C13H20N2O2S. The van der Waals surface area contributed by atoms with Gasteiger partial charge in [0.15, 0.2) is 0 Å². The summed E-state index contributed by atoms with van der Waals surface area (Å²) in [5.41, 5.74) is 0. The number of aromatic hydroxyl groups is 1. The van der Waals surface area contributed by atoms with Gasteiger partial charge in [-0.25, -0.2) is 0 Å². The maximum Gasteiger partial charge on any atom is 0.230 e. The van der Waals surface area contributed by atoms with Crippen LogP contribution in [0.25, 0.3) is 0 Å². The van der Waals surface area contributed by atoms with Gasteiger partial charge >= 0.3 is 0 Å². The number of carbonyl (C=O) groups excluding carboxylic acids is 1. The van der Waals surface area contributed by atoms with Gasteiger partial charge in [0, 0.05) is 17.5 Å². The first kappa shape index (κ1) is 14.9. The van der Waals surface area contributed by atoms with Crippen molar-refractivity contribution in [1.29, 1.82) is 0 Å². The van der Waals surface area contributed by atoms with Crippen LogP contribution in [-0.4, -0.2) is 35.9 Å². The lowest BCUT2D eigenvalue weighted by atomic mass is 10.3. The number of benzene rings is 1. The van der Waals surface area contributed by atoms with E-state index in [0.717, 1.165) is 11.4 Å². The Hall–Kier alpha value is -1.20. The summed E-state index contributed by atoms with van der Waals surface area (Å²) in [6.45, 7) is 5.62. The van der Waals surface area contributed by atoms with E-state index in [2.05, 4.69) is 10.6 Å². The number of phenolic OH excluding ortho intramolecular Hbond substituents is 1. The second-order valence-electron chi connectivity index (χ2n) is 4.05. The van der Waals surface area contributed by atoms with Gasteiger partial charge in [0.05, 0.1) is 5.75 Å². The van der Waals surface area contributed by atoms with Gasteiger partial charge in [-0.1, -0.05) is 6.92 Å². The molecule has 1 aromatic carbocycles. The van der Waals surface area contributed by atoms with Crippen molar-refractivity contribution in [2.24, 2.45) is 0 Å². The molecule has 5 heteroatoms. The maximum atomic E-state index is 11.6. The van der Waals surface area contributed by atoms with Crippen molar-refractivity contribution in [3.05, 3.63) is 24.3 Å². The summed E-state index contributed by atoms with van der Waals surface area (Å²) in [5.74, 6) is 0.657. The minimum atomic E-state index is 0.0258. The fourth-order valence-corrected chi connectivity index (χ4v) is 2.16. The topological polar surface area (TPSA) is 61.4 Å². The molecule has 0 saturated heterocycles. The number of likely N-dealkylation sites (N-methyl/N-ethyl adjacent to an activating group) is 1. The average Bonchev–Trinajstić information content (AvgIpc) is 2.36. The number of hydrogen-bond acceptors (Lipinski definition) is 4. The third-order valence-electron chi connectivity index (χ3n) is 2.36. The summed E-state index contributed by atoms with van der Waals surface area (Å²) < 4.78 is 0. The predicted molar refractivity (Wildman–Crippen MR) is 75.0 cm³/mol. The summed E-state index contributed by atoms with van der Waals surface area (Å²) in [5, 5.41) is 15.2. The Morgan fingerprint density at radius 1 is 1.39 bits per heavy atom. The van der Waals surface area contributed by atoms with Crippen molar-refractivity contribution >= 4 is 17.7 Å². The van der Waals surface area contributed by atoms with Crippen molar-refractivity contribution in [1.82, 2.24) is 10.6 Å². The van der Waals surface area contributed by atoms with Crippen LogP contribution in [0.15, 0.2) is 29.2 Å². The number of thioether (sulfide) groups is 1. The average molecular weight is 268 g/mol. The molecule has 3 N–H and O–H groups in total. The molecule has 1 amide bonds. The molecule has 100 valence electrons. The number of carbonyl (C=O) groups is 1. The van der Waals surface area contributed by atoms with E-state index in [-0.39, 0.29) is 17.7 Å². The normalized spacial score (nSPS) is 12.1. The maximum absolute atomic E-state index is 11.6. The molecule has 18 heavy (non-hydrogen) atoms. The Balaban J connectivity index is 2.22. The van der Waals surface area contributed by atoms with E-state index in [4.69, 9.17) is 5.11 Å². The second-order valence-corrected chi connectivity index (χ2v) is 5.09. The molecule has 0 spiro atoms. The van der Waals surface area contributed by atoms with Crippen LogP contribution in [0.3, 0.4) is 0 Å². The van der Waals surface area contributed by atoms with Crippen LogP contribution in [-0.2, 0) is 4.79 Å². The molecule has 0 bridgehead atoms. The zero-order valence-electron chi connectivity index (χ0n) is 10.8. The van der Waals surface area contributed by atoms with E-state index < -0.39 is 0 Å². The molecule has 0 heterocycles. The van der Waals surface area contributed by atoms with Gasteiger partial charge in [-0.2, -0.15) is 0 Å². The molecule has 0 saturated carbocycles. The Kier molecular flexibility index (Phi) is 6.60. The van der Waals surface area contributed by atoms with Crippen LogP contribution in [0.2, 0.25) is 0 Å². The highest BCUT2D eigenvalue weighted by atomic mass is 32.2. The van der Waals surface area contributed by atoms with E-state index >= 15 is 0 Å². The predicted octanol–water partition coefficient (Wildman–Crippen LogP) is 1.60. The van der Waals surface area contributed by atoms with Crippen molar-refractivity contribution in [3.8, 4) is 5.75 Å². The molecule has 1 aromatic rings. The molecule has 4 nitrogen and oxygen atoms in total. The zero-order chi connectivity index (χ0) is 13.4. The van der Waals surface area contributed by atoms with Gasteiger partial charge in [-0.15, -0.1) is 11.8 Å². The lowest BCUT2D eigenvalue weighted by molar-refractivity contribution is -0.118. The lowest BCUT2D eigenvalue weighted by Gasteiger charge is -2.13. The van der Waals surface area contributed by atoms with Crippen molar-refractivity contribution in [2.45, 2.75) is 24.8 Å². The van der Waals surface area contributed by atoms with Crippen LogP contribution >= 0.6 is 11.8 Å². The Bertz CT molecular complexity index is 368. The molecule has 0 aliphatic rings. The minimum absolute atomic E-state index is 0.0258. The molecule has 0 aromatic heterocycles. The van der Waals surface area contributed by atoms with Gasteiger partial charge < -0.3 is 15.7 Å². The number of hydrogen-bond donors (Lipinski definition) is 3. The summed E-state index contributed by atoms with van der Waals surface area (Å²) >= 11 is 1.46. The first-order valence-corrected chi connectivity index (χ1v) is 7.02. The smallest absolute Gasteiger partial charge is 0.230 e. The summed E-state index contributed by atoms with van der Waals surface area (Å²) in [4.78, 5) is 12.6. The van der Waals surface area contributed by atoms with E-state index in [1.807, 2.05) is 13.8 Å². The number of nitrogens with one attached hydrogen (secondary N) is 2. The van der Waals surface area contributed by atoms with Gasteiger partial charge in [0.25, 0.3) is 0 Å². The molecular weight excluding hydrogens is 248 g/mol. The Morgan fingerprint density at radius 3 is 2.67 bits per heavy atom. The van der Waals surface area contributed by atoms with Crippen LogP contribution in [0.1, 0.15) is 13.8 Å². The molecule has 1 rings (SSSR count). The van der Waals surface area contributed by atoms with Crippen LogP contribution in [0.4, 0.5) is 0 Å².